The Labute approximate surface area is 180 Å². The highest BCUT2D eigenvalue weighted by Crippen LogP contribution is 2.17. The first kappa shape index (κ1) is 23.8. The molecule has 0 radical (unpaired) electrons. The number of aliphatic imine (C=N–C) groups is 1. The van der Waals surface area contributed by atoms with Crippen molar-refractivity contribution in [2.24, 2.45) is 4.99 Å². The highest BCUT2D eigenvalue weighted by molar-refractivity contribution is 5.79. The molecule has 0 unspecified atom stereocenters. The fourth-order valence-corrected chi connectivity index (χ4v) is 3.17. The Morgan fingerprint density at radius 2 is 1.80 bits per heavy atom. The van der Waals surface area contributed by atoms with Crippen LogP contribution >= 0.6 is 0 Å². The maximum Gasteiger partial charge on any atom is 0.407 e. The highest BCUT2D eigenvalue weighted by Gasteiger charge is 2.15. The van der Waals surface area contributed by atoms with Crippen LogP contribution in [0.2, 0.25) is 0 Å². The van der Waals surface area contributed by atoms with Gasteiger partial charge in [0, 0.05) is 38.9 Å². The third-order valence-electron chi connectivity index (χ3n) is 4.59. The summed E-state index contributed by atoms with van der Waals surface area (Å²) in [5.74, 6) is 1.77. The first-order valence-electron chi connectivity index (χ1n) is 11.1. The number of amides is 1. The zero-order valence-corrected chi connectivity index (χ0v) is 19.0. The van der Waals surface area contributed by atoms with E-state index in [0.717, 1.165) is 31.0 Å². The zero-order valence-electron chi connectivity index (χ0n) is 19.0. The molecule has 2 heterocycles. The summed E-state index contributed by atoms with van der Waals surface area (Å²) in [6.45, 7) is 12.0. The minimum absolute atomic E-state index is 0.415. The molecule has 1 fully saturated rings. The largest absolute Gasteiger partial charge is 0.444 e. The van der Waals surface area contributed by atoms with Crippen LogP contribution in [0.3, 0.4) is 0 Å². The van der Waals surface area contributed by atoms with E-state index in [2.05, 4.69) is 43.0 Å². The Hall–Kier alpha value is -2.51. The molecule has 1 aromatic heterocycles. The molecule has 1 aromatic rings. The SMILES string of the molecule is CCNC(=NCc1ccc(N2CCCCCC2)nc1)NCCNC(=O)OC(C)(C)C. The number of aromatic nitrogens is 1. The number of rotatable bonds is 7. The normalized spacial score (nSPS) is 15.3. The number of hydrogen-bond acceptors (Lipinski definition) is 5. The smallest absolute Gasteiger partial charge is 0.407 e. The number of nitrogens with zero attached hydrogens (tertiary/aromatic N) is 3. The van der Waals surface area contributed by atoms with Crippen LogP contribution in [0, 0.1) is 0 Å². The second-order valence-corrected chi connectivity index (χ2v) is 8.48. The predicted octanol–water partition coefficient (Wildman–Crippen LogP) is 3.04. The van der Waals surface area contributed by atoms with Gasteiger partial charge in [-0.1, -0.05) is 18.9 Å². The van der Waals surface area contributed by atoms with Gasteiger partial charge in [0.2, 0.25) is 0 Å². The van der Waals surface area contributed by atoms with Crippen molar-refractivity contribution in [1.82, 2.24) is 20.9 Å². The van der Waals surface area contributed by atoms with Gasteiger partial charge < -0.3 is 25.6 Å². The van der Waals surface area contributed by atoms with Gasteiger partial charge in [0.05, 0.1) is 6.54 Å². The zero-order chi connectivity index (χ0) is 21.8. The number of carbonyl (C=O) groups is 1. The molecule has 0 bridgehead atoms. The lowest BCUT2D eigenvalue weighted by molar-refractivity contribution is 0.0529. The average Bonchev–Trinajstić information content (AvgIpc) is 2.98. The van der Waals surface area contributed by atoms with E-state index in [9.17, 15) is 4.79 Å². The quantitative estimate of drug-likeness (QED) is 0.358. The van der Waals surface area contributed by atoms with Crippen molar-refractivity contribution < 1.29 is 9.53 Å². The first-order valence-corrected chi connectivity index (χ1v) is 11.1. The van der Waals surface area contributed by atoms with Crippen LogP contribution in [0.5, 0.6) is 0 Å². The second kappa shape index (κ2) is 12.2. The summed E-state index contributed by atoms with van der Waals surface area (Å²) in [5.41, 5.74) is 0.572. The number of ether oxygens (including phenoxy) is 1. The summed E-state index contributed by atoms with van der Waals surface area (Å²) in [7, 11) is 0. The number of alkyl carbamates (subject to hydrolysis) is 1. The monoisotopic (exact) mass is 418 g/mol. The van der Waals surface area contributed by atoms with E-state index in [-0.39, 0.29) is 0 Å². The number of guanidine groups is 1. The molecule has 0 aromatic carbocycles. The predicted molar refractivity (Wildman–Crippen MR) is 122 cm³/mol. The molecule has 0 spiro atoms. The summed E-state index contributed by atoms with van der Waals surface area (Å²) < 4.78 is 5.22. The molecule has 1 aliphatic heterocycles. The van der Waals surface area contributed by atoms with Gasteiger partial charge in [-0.2, -0.15) is 0 Å². The first-order chi connectivity index (χ1) is 14.4. The Morgan fingerprint density at radius 1 is 1.10 bits per heavy atom. The van der Waals surface area contributed by atoms with Crippen molar-refractivity contribution in [1.29, 1.82) is 0 Å². The molecule has 0 atom stereocenters. The summed E-state index contributed by atoms with van der Waals surface area (Å²) in [5, 5.41) is 9.17. The third-order valence-corrected chi connectivity index (χ3v) is 4.59. The van der Waals surface area contributed by atoms with Crippen molar-refractivity contribution in [3.63, 3.8) is 0 Å². The minimum Gasteiger partial charge on any atom is -0.444 e. The average molecular weight is 419 g/mol. The maximum absolute atomic E-state index is 11.7. The molecule has 8 heteroatoms. The van der Waals surface area contributed by atoms with Crippen LogP contribution in [-0.4, -0.2) is 55.4 Å². The van der Waals surface area contributed by atoms with E-state index in [1.807, 2.05) is 33.9 Å². The molecule has 30 heavy (non-hydrogen) atoms. The highest BCUT2D eigenvalue weighted by atomic mass is 16.6. The number of hydrogen-bond donors (Lipinski definition) is 3. The van der Waals surface area contributed by atoms with E-state index >= 15 is 0 Å². The molecule has 168 valence electrons. The number of anilines is 1. The Bertz CT molecular complexity index is 661. The molecule has 3 N–H and O–H groups in total. The fraction of sp³-hybridized carbons (Fsp3) is 0.682. The Kier molecular flexibility index (Phi) is 9.70. The topological polar surface area (TPSA) is 90.9 Å². The lowest BCUT2D eigenvalue weighted by atomic mass is 10.2. The Balaban J connectivity index is 1.79. The van der Waals surface area contributed by atoms with Crippen molar-refractivity contribution in [3.8, 4) is 0 Å². The number of pyridine rings is 1. The second-order valence-electron chi connectivity index (χ2n) is 8.48. The summed E-state index contributed by atoms with van der Waals surface area (Å²) in [4.78, 5) is 23.3. The maximum atomic E-state index is 11.7. The van der Waals surface area contributed by atoms with Gasteiger partial charge in [0.15, 0.2) is 5.96 Å². The third kappa shape index (κ3) is 9.33. The number of carbonyl (C=O) groups excluding carboxylic acids is 1. The molecular weight excluding hydrogens is 380 g/mol. The van der Waals surface area contributed by atoms with Crippen LogP contribution in [0.1, 0.15) is 58.9 Å². The molecule has 1 aliphatic rings. The molecule has 0 saturated carbocycles. The van der Waals surface area contributed by atoms with Crippen molar-refractivity contribution in [2.75, 3.05) is 37.6 Å². The Morgan fingerprint density at radius 3 is 2.40 bits per heavy atom. The van der Waals surface area contributed by atoms with Crippen LogP contribution < -0.4 is 20.9 Å². The minimum atomic E-state index is -0.495. The van der Waals surface area contributed by atoms with Crippen LogP contribution in [-0.2, 0) is 11.3 Å². The summed E-state index contributed by atoms with van der Waals surface area (Å²) >= 11 is 0. The van der Waals surface area contributed by atoms with Crippen LogP contribution in [0.4, 0.5) is 10.6 Å². The lowest BCUT2D eigenvalue weighted by Gasteiger charge is -2.21. The molecule has 1 amide bonds. The molecule has 1 saturated heterocycles. The van der Waals surface area contributed by atoms with Gasteiger partial charge in [0.25, 0.3) is 0 Å². The summed E-state index contributed by atoms with van der Waals surface area (Å²) in [6.07, 6.45) is 6.62. The summed E-state index contributed by atoms with van der Waals surface area (Å²) in [6, 6.07) is 4.20. The van der Waals surface area contributed by atoms with E-state index < -0.39 is 11.7 Å². The molecule has 0 aliphatic carbocycles. The van der Waals surface area contributed by atoms with Crippen LogP contribution in [0.25, 0.3) is 0 Å². The standard InChI is InChI=1S/C22H38N6O2/c1-5-23-20(24-12-13-25-21(29)30-22(2,3)4)27-17-18-10-11-19(26-16-18)28-14-8-6-7-9-15-28/h10-11,16H,5-9,12-15,17H2,1-4H3,(H,25,29)(H2,23,24,27). The van der Waals surface area contributed by atoms with Gasteiger partial charge in [-0.3, -0.25) is 0 Å². The van der Waals surface area contributed by atoms with E-state index in [0.29, 0.717) is 25.6 Å². The van der Waals surface area contributed by atoms with Gasteiger partial charge in [-0.15, -0.1) is 0 Å². The van der Waals surface area contributed by atoms with Crippen molar-refractivity contribution in [2.45, 2.75) is 65.5 Å². The molecule has 2 rings (SSSR count). The molecule has 8 nitrogen and oxygen atoms in total. The lowest BCUT2D eigenvalue weighted by Crippen LogP contribution is -2.42. The van der Waals surface area contributed by atoms with Crippen molar-refractivity contribution >= 4 is 17.9 Å². The fourth-order valence-electron chi connectivity index (χ4n) is 3.17. The van der Waals surface area contributed by atoms with Crippen molar-refractivity contribution in [3.05, 3.63) is 23.9 Å². The number of nitrogens with one attached hydrogen (secondary N) is 3. The van der Waals surface area contributed by atoms with Gasteiger partial charge >= 0.3 is 6.09 Å². The van der Waals surface area contributed by atoms with Gasteiger partial charge in [-0.05, 0) is 52.2 Å². The van der Waals surface area contributed by atoms with Gasteiger partial charge in [-0.25, -0.2) is 14.8 Å². The van der Waals surface area contributed by atoms with Gasteiger partial charge in [0.1, 0.15) is 11.4 Å². The van der Waals surface area contributed by atoms with E-state index in [4.69, 9.17) is 4.74 Å². The van der Waals surface area contributed by atoms with E-state index in [1.165, 1.54) is 25.7 Å². The van der Waals surface area contributed by atoms with Crippen LogP contribution in [0.15, 0.2) is 23.3 Å². The molecular formula is C22H38N6O2. The van der Waals surface area contributed by atoms with E-state index in [1.54, 1.807) is 0 Å².